The zero-order valence-electron chi connectivity index (χ0n) is 10.0. The van der Waals surface area contributed by atoms with Gasteiger partial charge in [-0.05, 0) is 37.6 Å². The van der Waals surface area contributed by atoms with Crippen molar-refractivity contribution in [2.75, 3.05) is 25.6 Å². The Morgan fingerprint density at radius 3 is 2.82 bits per heavy atom. The van der Waals surface area contributed by atoms with E-state index in [1.165, 1.54) is 6.07 Å². The lowest BCUT2D eigenvalue weighted by atomic mass is 10.4. The molecule has 0 saturated carbocycles. The van der Waals surface area contributed by atoms with E-state index in [4.69, 9.17) is 4.42 Å². The smallest absolute Gasteiger partial charge is 0.273 e. The molecule has 0 aliphatic rings. The fourth-order valence-corrected chi connectivity index (χ4v) is 2.72. The maximum atomic E-state index is 11.8. The molecular formula is C10H18N2O3S2. The lowest BCUT2D eigenvalue weighted by molar-refractivity contribution is 0.404. The monoisotopic (exact) mass is 278 g/mol. The van der Waals surface area contributed by atoms with E-state index in [-0.39, 0.29) is 5.09 Å². The molecule has 0 aliphatic heterocycles. The van der Waals surface area contributed by atoms with Crippen molar-refractivity contribution in [3.8, 4) is 0 Å². The second-order valence-corrected chi connectivity index (χ2v) is 6.18. The van der Waals surface area contributed by atoms with Crippen LogP contribution in [0.15, 0.2) is 21.6 Å². The quantitative estimate of drug-likeness (QED) is 0.695. The van der Waals surface area contributed by atoms with Crippen LogP contribution in [-0.4, -0.2) is 34.0 Å². The summed E-state index contributed by atoms with van der Waals surface area (Å²) in [5.74, 6) is 1.54. The second-order valence-electron chi connectivity index (χ2n) is 3.50. The Morgan fingerprint density at radius 1 is 1.41 bits per heavy atom. The molecule has 17 heavy (non-hydrogen) atoms. The van der Waals surface area contributed by atoms with Gasteiger partial charge in [-0.25, -0.2) is 13.1 Å². The van der Waals surface area contributed by atoms with Gasteiger partial charge in [0.1, 0.15) is 5.76 Å². The van der Waals surface area contributed by atoms with Gasteiger partial charge in [-0.3, -0.25) is 0 Å². The molecule has 0 fully saturated rings. The Hall–Kier alpha value is -0.500. The SMILES string of the molecule is CNCc1ccc(S(=O)(=O)NCCCSC)o1. The van der Waals surface area contributed by atoms with Gasteiger partial charge in [0.2, 0.25) is 5.09 Å². The third-order valence-electron chi connectivity index (χ3n) is 2.07. The Morgan fingerprint density at radius 2 is 2.18 bits per heavy atom. The number of hydrogen-bond acceptors (Lipinski definition) is 5. The average molecular weight is 278 g/mol. The van der Waals surface area contributed by atoms with Crippen LogP contribution in [0.3, 0.4) is 0 Å². The molecule has 5 nitrogen and oxygen atoms in total. The molecule has 0 unspecified atom stereocenters. The second kappa shape index (κ2) is 7.05. The van der Waals surface area contributed by atoms with Crippen molar-refractivity contribution >= 4 is 21.8 Å². The maximum absolute atomic E-state index is 11.8. The summed E-state index contributed by atoms with van der Waals surface area (Å²) in [4.78, 5) is 0. The number of sulfonamides is 1. The third kappa shape index (κ3) is 4.71. The molecule has 1 rings (SSSR count). The maximum Gasteiger partial charge on any atom is 0.273 e. The third-order valence-corrected chi connectivity index (χ3v) is 4.10. The van der Waals surface area contributed by atoms with Crippen LogP contribution in [-0.2, 0) is 16.6 Å². The van der Waals surface area contributed by atoms with Gasteiger partial charge in [-0.1, -0.05) is 0 Å². The van der Waals surface area contributed by atoms with Gasteiger partial charge in [0, 0.05) is 6.54 Å². The van der Waals surface area contributed by atoms with E-state index in [0.29, 0.717) is 18.8 Å². The van der Waals surface area contributed by atoms with E-state index >= 15 is 0 Å². The van der Waals surface area contributed by atoms with E-state index in [9.17, 15) is 8.42 Å². The molecule has 0 spiro atoms. The molecule has 0 saturated heterocycles. The summed E-state index contributed by atoms with van der Waals surface area (Å²) >= 11 is 1.69. The van der Waals surface area contributed by atoms with Crippen molar-refractivity contribution in [3.63, 3.8) is 0 Å². The average Bonchev–Trinajstić information content (AvgIpc) is 2.74. The summed E-state index contributed by atoms with van der Waals surface area (Å²) in [7, 11) is -1.72. The summed E-state index contributed by atoms with van der Waals surface area (Å²) in [6, 6.07) is 3.14. The molecule has 1 aromatic heterocycles. The molecule has 0 radical (unpaired) electrons. The Bertz CT molecular complexity index is 429. The molecular weight excluding hydrogens is 260 g/mol. The van der Waals surface area contributed by atoms with Crippen LogP contribution in [0, 0.1) is 0 Å². The lowest BCUT2D eigenvalue weighted by Gasteiger charge is -2.03. The van der Waals surface area contributed by atoms with Gasteiger partial charge in [0.05, 0.1) is 6.54 Å². The van der Waals surface area contributed by atoms with Crippen LogP contribution < -0.4 is 10.0 Å². The van der Waals surface area contributed by atoms with E-state index in [1.54, 1.807) is 24.9 Å². The topological polar surface area (TPSA) is 71.3 Å². The zero-order chi connectivity index (χ0) is 12.7. The molecule has 1 aromatic rings. The highest BCUT2D eigenvalue weighted by Crippen LogP contribution is 2.13. The van der Waals surface area contributed by atoms with Crippen molar-refractivity contribution in [3.05, 3.63) is 17.9 Å². The standard InChI is InChI=1S/C10H18N2O3S2/c1-11-8-9-4-5-10(15-9)17(13,14)12-6-3-7-16-2/h4-5,11-12H,3,6-8H2,1-2H3. The lowest BCUT2D eigenvalue weighted by Crippen LogP contribution is -2.24. The largest absolute Gasteiger partial charge is 0.447 e. The summed E-state index contributed by atoms with van der Waals surface area (Å²) < 4.78 is 31.3. The van der Waals surface area contributed by atoms with E-state index in [0.717, 1.165) is 12.2 Å². The van der Waals surface area contributed by atoms with Crippen LogP contribution in [0.1, 0.15) is 12.2 Å². The van der Waals surface area contributed by atoms with E-state index < -0.39 is 10.0 Å². The summed E-state index contributed by atoms with van der Waals surface area (Å²) in [6.45, 7) is 0.952. The summed E-state index contributed by atoms with van der Waals surface area (Å²) in [5, 5.41) is 2.88. The Labute approximate surface area is 106 Å². The first-order valence-electron chi connectivity index (χ1n) is 5.32. The van der Waals surface area contributed by atoms with Crippen LogP contribution in [0.2, 0.25) is 0 Å². The van der Waals surface area contributed by atoms with Crippen LogP contribution >= 0.6 is 11.8 Å². The minimum Gasteiger partial charge on any atom is -0.447 e. The van der Waals surface area contributed by atoms with Crippen LogP contribution in [0.5, 0.6) is 0 Å². The first-order valence-corrected chi connectivity index (χ1v) is 8.20. The molecule has 98 valence electrons. The van der Waals surface area contributed by atoms with Crippen LogP contribution in [0.4, 0.5) is 0 Å². The van der Waals surface area contributed by atoms with Crippen molar-refractivity contribution in [2.45, 2.75) is 18.1 Å². The highest BCUT2D eigenvalue weighted by atomic mass is 32.2. The first kappa shape index (κ1) is 14.6. The van der Waals surface area contributed by atoms with Crippen LogP contribution in [0.25, 0.3) is 0 Å². The predicted octanol–water partition coefficient (Wildman–Crippen LogP) is 1.03. The molecule has 0 aromatic carbocycles. The normalized spacial score (nSPS) is 11.9. The van der Waals surface area contributed by atoms with Gasteiger partial charge in [-0.2, -0.15) is 11.8 Å². The van der Waals surface area contributed by atoms with Crippen molar-refractivity contribution in [1.29, 1.82) is 0 Å². The summed E-state index contributed by atoms with van der Waals surface area (Å²) in [6.07, 6.45) is 2.80. The predicted molar refractivity (Wildman–Crippen MR) is 69.7 cm³/mol. The minimum atomic E-state index is -3.49. The Kier molecular flexibility index (Phi) is 6.04. The van der Waals surface area contributed by atoms with Gasteiger partial charge < -0.3 is 9.73 Å². The first-order chi connectivity index (χ1) is 8.10. The fraction of sp³-hybridized carbons (Fsp3) is 0.600. The van der Waals surface area contributed by atoms with Crippen molar-refractivity contribution in [1.82, 2.24) is 10.0 Å². The van der Waals surface area contributed by atoms with Crippen molar-refractivity contribution < 1.29 is 12.8 Å². The van der Waals surface area contributed by atoms with Gasteiger partial charge in [-0.15, -0.1) is 0 Å². The molecule has 0 amide bonds. The van der Waals surface area contributed by atoms with E-state index in [1.807, 2.05) is 6.26 Å². The molecule has 2 N–H and O–H groups in total. The molecule has 0 bridgehead atoms. The number of thioether (sulfide) groups is 1. The highest BCUT2D eigenvalue weighted by Gasteiger charge is 2.17. The Balaban J connectivity index is 2.56. The fourth-order valence-electron chi connectivity index (χ4n) is 1.27. The molecule has 0 atom stereocenters. The molecule has 1 heterocycles. The van der Waals surface area contributed by atoms with Gasteiger partial charge in [0.15, 0.2) is 0 Å². The molecule has 0 aliphatic carbocycles. The van der Waals surface area contributed by atoms with E-state index in [2.05, 4.69) is 10.0 Å². The number of rotatable bonds is 8. The molecule has 7 heteroatoms. The zero-order valence-corrected chi connectivity index (χ0v) is 11.7. The summed E-state index contributed by atoms with van der Waals surface area (Å²) in [5.41, 5.74) is 0. The van der Waals surface area contributed by atoms with Gasteiger partial charge >= 0.3 is 0 Å². The number of furan rings is 1. The number of hydrogen-bond donors (Lipinski definition) is 2. The number of nitrogens with one attached hydrogen (secondary N) is 2. The highest BCUT2D eigenvalue weighted by molar-refractivity contribution is 7.98. The van der Waals surface area contributed by atoms with Gasteiger partial charge in [0.25, 0.3) is 10.0 Å². The minimum absolute atomic E-state index is 0.0214. The van der Waals surface area contributed by atoms with Crippen molar-refractivity contribution in [2.24, 2.45) is 0 Å².